The van der Waals surface area contributed by atoms with E-state index in [1.165, 1.54) is 75.8 Å². The summed E-state index contributed by atoms with van der Waals surface area (Å²) < 4.78 is 0. The molecule has 8 rings (SSSR count). The first kappa shape index (κ1) is 37.5. The van der Waals surface area contributed by atoms with Gasteiger partial charge in [0.2, 0.25) is 0 Å². The smallest absolute Gasteiger partial charge is 1.00 e. The minimum atomic E-state index is 0. The fourth-order valence-electron chi connectivity index (χ4n) is 6.34. The maximum atomic E-state index is 2.35. The van der Waals surface area contributed by atoms with E-state index in [4.69, 9.17) is 0 Å². The number of hydrogen-bond acceptors (Lipinski definition) is 0. The second-order valence-electron chi connectivity index (χ2n) is 14.0. The molecule has 0 saturated carbocycles. The van der Waals surface area contributed by atoms with Gasteiger partial charge in [-0.15, -0.1) is 79.5 Å². The van der Waals surface area contributed by atoms with Gasteiger partial charge in [-0.1, -0.05) is 156 Å². The van der Waals surface area contributed by atoms with Crippen LogP contribution in [0.4, 0.5) is 0 Å². The molecule has 0 fully saturated rings. The molecular formula is C43H42Cl2Zr. The summed E-state index contributed by atoms with van der Waals surface area (Å²) in [5, 5.41) is 16.1. The minimum absolute atomic E-state index is 0. The second kappa shape index (κ2) is 14.0. The van der Waals surface area contributed by atoms with Crippen LogP contribution in [0.5, 0.6) is 0 Å². The predicted octanol–water partition coefficient (Wildman–Crippen LogP) is 6.97. The summed E-state index contributed by atoms with van der Waals surface area (Å²) in [5.74, 6) is 0. The standard InChI is InChI=1S/C21H13.C21H25.CH4.2ClH.Zr/c1-3-7-16-12-20-18(9-14(16)5-1)11-19-10-15-6-2-4-8-17(15)13-21(19)20;1-20(2,3)16-7-9-18-14(12-16)11-15-13-17(21(4,5)6)8-10-19(15)18;;;;/h1-13H;7-13H,1-6H3;1H4;2*1H;/q2*-1;;;;+4/p-2. The van der Waals surface area contributed by atoms with E-state index < -0.39 is 0 Å². The van der Waals surface area contributed by atoms with Crippen LogP contribution in [0.15, 0.2) is 121 Å². The summed E-state index contributed by atoms with van der Waals surface area (Å²) in [7, 11) is 0. The van der Waals surface area contributed by atoms with Crippen LogP contribution in [0.1, 0.15) is 60.1 Å². The Bertz CT molecular complexity index is 2110. The van der Waals surface area contributed by atoms with Gasteiger partial charge in [0.15, 0.2) is 0 Å². The molecule has 46 heavy (non-hydrogen) atoms. The van der Waals surface area contributed by atoms with Crippen LogP contribution < -0.4 is 24.8 Å². The molecule has 232 valence electrons. The zero-order chi connectivity index (χ0) is 29.2. The Balaban J connectivity index is 0.000000230. The number of halogens is 2. The van der Waals surface area contributed by atoms with Crippen molar-refractivity contribution in [3.63, 3.8) is 0 Å². The van der Waals surface area contributed by atoms with Crippen LogP contribution in [0.2, 0.25) is 0 Å². The van der Waals surface area contributed by atoms with Gasteiger partial charge in [-0.2, -0.15) is 0 Å². The van der Waals surface area contributed by atoms with Crippen molar-refractivity contribution in [1.29, 1.82) is 0 Å². The largest absolute Gasteiger partial charge is 4.00 e. The Morgan fingerprint density at radius 3 is 1.02 bits per heavy atom. The van der Waals surface area contributed by atoms with E-state index >= 15 is 0 Å². The summed E-state index contributed by atoms with van der Waals surface area (Å²) in [4.78, 5) is 0. The molecule has 0 spiro atoms. The maximum Gasteiger partial charge on any atom is 4.00 e. The van der Waals surface area contributed by atoms with E-state index in [0.717, 1.165) is 0 Å². The van der Waals surface area contributed by atoms with E-state index in [0.29, 0.717) is 0 Å². The fourth-order valence-corrected chi connectivity index (χ4v) is 6.34. The van der Waals surface area contributed by atoms with E-state index in [2.05, 4.69) is 163 Å². The normalized spacial score (nSPS) is 11.4. The molecule has 0 bridgehead atoms. The van der Waals surface area contributed by atoms with Crippen molar-refractivity contribution in [2.24, 2.45) is 0 Å². The molecule has 0 aliphatic carbocycles. The van der Waals surface area contributed by atoms with Gasteiger partial charge in [-0.05, 0) is 21.6 Å². The van der Waals surface area contributed by atoms with Gasteiger partial charge < -0.3 is 24.8 Å². The first-order valence-corrected chi connectivity index (χ1v) is 15.1. The topological polar surface area (TPSA) is 0 Å². The van der Waals surface area contributed by atoms with E-state index in [9.17, 15) is 0 Å². The molecule has 0 atom stereocenters. The molecular weight excluding hydrogens is 679 g/mol. The van der Waals surface area contributed by atoms with Crippen LogP contribution in [-0.4, -0.2) is 0 Å². The number of rotatable bonds is 0. The van der Waals surface area contributed by atoms with Crippen molar-refractivity contribution in [2.45, 2.75) is 59.8 Å². The van der Waals surface area contributed by atoms with Crippen molar-refractivity contribution in [3.05, 3.63) is 132 Å². The second-order valence-corrected chi connectivity index (χ2v) is 14.0. The van der Waals surface area contributed by atoms with Crippen LogP contribution in [-0.2, 0) is 37.0 Å². The minimum Gasteiger partial charge on any atom is -1.00 e. The van der Waals surface area contributed by atoms with Gasteiger partial charge >= 0.3 is 26.2 Å². The summed E-state index contributed by atoms with van der Waals surface area (Å²) in [6.45, 7) is 13.6. The molecule has 8 aromatic carbocycles. The van der Waals surface area contributed by atoms with Crippen LogP contribution >= 0.6 is 0 Å². The summed E-state index contributed by atoms with van der Waals surface area (Å²) in [6, 6.07) is 44.9. The Kier molecular flexibility index (Phi) is 11.4. The monoisotopic (exact) mass is 718 g/mol. The Morgan fingerprint density at radius 2 is 0.696 bits per heavy atom. The number of benzene rings is 6. The fraction of sp³-hybridized carbons (Fsp3) is 0.209. The molecule has 0 nitrogen and oxygen atoms in total. The zero-order valence-electron chi connectivity index (χ0n) is 26.8. The van der Waals surface area contributed by atoms with Gasteiger partial charge in [0.25, 0.3) is 0 Å². The van der Waals surface area contributed by atoms with Crippen molar-refractivity contribution < 1.29 is 51.0 Å². The van der Waals surface area contributed by atoms with Crippen molar-refractivity contribution in [2.75, 3.05) is 0 Å². The number of hydrogen-bond donors (Lipinski definition) is 0. The van der Waals surface area contributed by atoms with Gasteiger partial charge in [0.05, 0.1) is 0 Å². The van der Waals surface area contributed by atoms with Gasteiger partial charge in [-0.3, -0.25) is 0 Å². The van der Waals surface area contributed by atoms with Gasteiger partial charge in [0.1, 0.15) is 0 Å². The molecule has 0 amide bonds. The zero-order valence-corrected chi connectivity index (χ0v) is 30.8. The summed E-state index contributed by atoms with van der Waals surface area (Å²) in [6.07, 6.45) is 0. The van der Waals surface area contributed by atoms with E-state index in [-0.39, 0.29) is 69.3 Å². The molecule has 0 radical (unpaired) electrons. The van der Waals surface area contributed by atoms with Crippen molar-refractivity contribution >= 4 is 64.6 Å². The molecule has 0 saturated heterocycles. The SMILES string of the molecule is C.CC(C)(C)c1ccc2c(c1)[cH-]c1cc(C(C)(C)C)ccc12.[Cl-].[Cl-].[Zr+4].c1ccc2cc3c(cc2c1)[cH-]c1cc2ccccc2cc13. The van der Waals surface area contributed by atoms with E-state index in [1.807, 2.05) is 0 Å². The average molecular weight is 721 g/mol. The van der Waals surface area contributed by atoms with Crippen molar-refractivity contribution in [3.8, 4) is 0 Å². The molecule has 0 unspecified atom stereocenters. The van der Waals surface area contributed by atoms with Gasteiger partial charge in [0, 0.05) is 0 Å². The first-order valence-electron chi connectivity index (χ1n) is 15.1. The molecule has 3 heteroatoms. The van der Waals surface area contributed by atoms with Crippen LogP contribution in [0.3, 0.4) is 0 Å². The first-order chi connectivity index (χ1) is 20.0. The van der Waals surface area contributed by atoms with Crippen LogP contribution in [0, 0.1) is 0 Å². The molecule has 8 aromatic rings. The Morgan fingerprint density at radius 1 is 0.391 bits per heavy atom. The molecule has 0 heterocycles. The Labute approximate surface area is 305 Å². The summed E-state index contributed by atoms with van der Waals surface area (Å²) >= 11 is 0. The van der Waals surface area contributed by atoms with Gasteiger partial charge in [-0.25, -0.2) is 0 Å². The number of fused-ring (bicyclic) bond motifs is 8. The summed E-state index contributed by atoms with van der Waals surface area (Å²) in [5.41, 5.74) is 3.21. The quantitative estimate of drug-likeness (QED) is 0.149. The molecule has 0 aromatic heterocycles. The van der Waals surface area contributed by atoms with Crippen molar-refractivity contribution in [1.82, 2.24) is 0 Å². The third-order valence-electron chi connectivity index (χ3n) is 8.87. The molecule has 0 N–H and O–H groups in total. The molecule has 0 aliphatic heterocycles. The average Bonchev–Trinajstić information content (AvgIpc) is 3.50. The maximum absolute atomic E-state index is 2.35. The third kappa shape index (κ3) is 6.99. The van der Waals surface area contributed by atoms with E-state index in [1.54, 1.807) is 0 Å². The Hall–Kier alpha value is -2.96. The predicted molar refractivity (Wildman–Crippen MR) is 193 cm³/mol. The third-order valence-corrected chi connectivity index (χ3v) is 8.87. The van der Waals surface area contributed by atoms with Crippen LogP contribution in [0.25, 0.3) is 64.6 Å². The molecule has 0 aliphatic rings.